The second-order valence-electron chi connectivity index (χ2n) is 6.52. The van der Waals surface area contributed by atoms with E-state index in [0.717, 1.165) is 40.5 Å². The minimum absolute atomic E-state index is 0.0291. The topological polar surface area (TPSA) is 103 Å². The molecular formula is C20H13ClF3N3O5S. The van der Waals surface area contributed by atoms with Crippen molar-refractivity contribution in [2.75, 3.05) is 4.90 Å². The molecule has 3 rings (SSSR count). The Bertz CT molecular complexity index is 1230. The molecule has 0 aliphatic rings. The molecule has 8 nitrogen and oxygen atoms in total. The number of ether oxygens (including phenoxy) is 1. The Morgan fingerprint density at radius 2 is 1.97 bits per heavy atom. The molecule has 2 aromatic carbocycles. The molecule has 0 N–H and O–H groups in total. The summed E-state index contributed by atoms with van der Waals surface area (Å²) < 4.78 is 44.2. The number of nitro groups is 1. The summed E-state index contributed by atoms with van der Waals surface area (Å²) in [5, 5.41) is 12.4. The van der Waals surface area contributed by atoms with Crippen LogP contribution in [0.15, 0.2) is 47.8 Å². The van der Waals surface area contributed by atoms with Crippen molar-refractivity contribution in [3.8, 4) is 0 Å². The van der Waals surface area contributed by atoms with E-state index in [1.807, 2.05) is 0 Å². The summed E-state index contributed by atoms with van der Waals surface area (Å²) >= 11 is 6.87. The zero-order chi connectivity index (χ0) is 24.3. The predicted octanol–water partition coefficient (Wildman–Crippen LogP) is 5.77. The number of benzene rings is 2. The third-order valence-corrected chi connectivity index (χ3v) is 5.41. The van der Waals surface area contributed by atoms with Gasteiger partial charge in [-0.25, -0.2) is 9.78 Å². The van der Waals surface area contributed by atoms with Crippen molar-refractivity contribution in [2.45, 2.75) is 19.7 Å². The minimum atomic E-state index is -4.59. The zero-order valence-electron chi connectivity index (χ0n) is 16.6. The zero-order valence-corrected chi connectivity index (χ0v) is 18.2. The van der Waals surface area contributed by atoms with Crippen molar-refractivity contribution in [3.05, 3.63) is 79.8 Å². The van der Waals surface area contributed by atoms with Gasteiger partial charge < -0.3 is 4.74 Å². The smallest absolute Gasteiger partial charge is 0.416 e. The molecule has 0 saturated heterocycles. The molecular weight excluding hydrogens is 487 g/mol. The molecule has 172 valence electrons. The monoisotopic (exact) mass is 499 g/mol. The van der Waals surface area contributed by atoms with Crippen LogP contribution in [0.1, 0.15) is 28.5 Å². The number of nitro benzene ring substituents is 1. The fourth-order valence-electron chi connectivity index (χ4n) is 2.71. The highest BCUT2D eigenvalue weighted by Gasteiger charge is 2.31. The average Bonchev–Trinajstić information content (AvgIpc) is 3.20. The number of anilines is 2. The first-order valence-corrected chi connectivity index (χ1v) is 10.3. The van der Waals surface area contributed by atoms with Gasteiger partial charge in [-0.15, -0.1) is 11.3 Å². The van der Waals surface area contributed by atoms with E-state index in [2.05, 4.69) is 4.98 Å². The van der Waals surface area contributed by atoms with E-state index in [1.54, 1.807) is 0 Å². The van der Waals surface area contributed by atoms with Gasteiger partial charge in [-0.3, -0.25) is 19.8 Å². The number of hydrogen-bond acceptors (Lipinski definition) is 7. The fourth-order valence-corrected chi connectivity index (χ4v) is 3.78. The lowest BCUT2D eigenvalue weighted by Gasteiger charge is -2.19. The SMILES string of the molecule is CC(=O)N(c1cccc(C(F)(F)F)c1)c1nc(COC(=O)c2cc([N+](=O)[O-])ccc2Cl)cs1. The highest BCUT2D eigenvalue weighted by atomic mass is 35.5. The van der Waals surface area contributed by atoms with Crippen LogP contribution in [0.2, 0.25) is 5.02 Å². The van der Waals surface area contributed by atoms with Crippen molar-refractivity contribution in [3.63, 3.8) is 0 Å². The Labute approximate surface area is 193 Å². The highest BCUT2D eigenvalue weighted by molar-refractivity contribution is 7.14. The van der Waals surface area contributed by atoms with Crippen LogP contribution >= 0.6 is 22.9 Å². The van der Waals surface area contributed by atoms with E-state index >= 15 is 0 Å². The quantitative estimate of drug-likeness (QED) is 0.242. The lowest BCUT2D eigenvalue weighted by atomic mass is 10.2. The van der Waals surface area contributed by atoms with Gasteiger partial charge in [0.25, 0.3) is 5.69 Å². The van der Waals surface area contributed by atoms with Crippen molar-refractivity contribution in [1.29, 1.82) is 0 Å². The lowest BCUT2D eigenvalue weighted by molar-refractivity contribution is -0.384. The van der Waals surface area contributed by atoms with Crippen molar-refractivity contribution in [2.24, 2.45) is 0 Å². The summed E-state index contributed by atoms with van der Waals surface area (Å²) in [6.45, 7) is 0.814. The molecule has 0 bridgehead atoms. The summed E-state index contributed by atoms with van der Waals surface area (Å²) in [4.78, 5) is 39.8. The fraction of sp³-hybridized carbons (Fsp3) is 0.150. The Morgan fingerprint density at radius 3 is 2.61 bits per heavy atom. The Kier molecular flexibility index (Phi) is 6.98. The van der Waals surface area contributed by atoms with Gasteiger partial charge in [0.2, 0.25) is 5.91 Å². The number of rotatable bonds is 6. The molecule has 0 radical (unpaired) electrons. The maximum atomic E-state index is 13.0. The maximum absolute atomic E-state index is 13.0. The van der Waals surface area contributed by atoms with E-state index in [9.17, 15) is 32.9 Å². The Balaban J connectivity index is 1.79. The van der Waals surface area contributed by atoms with Crippen LogP contribution in [0.5, 0.6) is 0 Å². The van der Waals surface area contributed by atoms with Gasteiger partial charge in [-0.1, -0.05) is 17.7 Å². The van der Waals surface area contributed by atoms with Gasteiger partial charge in [-0.05, 0) is 24.3 Å². The van der Waals surface area contributed by atoms with Crippen LogP contribution in [0.25, 0.3) is 0 Å². The number of halogens is 4. The van der Waals surface area contributed by atoms with Crippen LogP contribution in [-0.4, -0.2) is 21.8 Å². The standard InChI is InChI=1S/C20H13ClF3N3O5S/c1-11(28)26(14-4-2-3-12(7-14)20(22,23)24)19-25-13(10-33-19)9-32-18(29)16-8-15(27(30)31)5-6-17(16)21/h2-8,10H,9H2,1H3. The van der Waals surface area contributed by atoms with Crippen molar-refractivity contribution >= 4 is 51.3 Å². The van der Waals surface area contributed by atoms with E-state index in [4.69, 9.17) is 16.3 Å². The summed E-state index contributed by atoms with van der Waals surface area (Å²) in [5.41, 5.74) is -1.30. The number of aromatic nitrogens is 1. The van der Waals surface area contributed by atoms with Crippen LogP contribution in [0.4, 0.5) is 29.7 Å². The molecule has 1 heterocycles. The largest absolute Gasteiger partial charge is 0.456 e. The van der Waals surface area contributed by atoms with Crippen LogP contribution in [0, 0.1) is 10.1 Å². The molecule has 0 atom stereocenters. The molecule has 1 aromatic heterocycles. The van der Waals surface area contributed by atoms with E-state index < -0.39 is 28.5 Å². The average molecular weight is 500 g/mol. The van der Waals surface area contributed by atoms with E-state index in [-0.39, 0.29) is 39.4 Å². The molecule has 33 heavy (non-hydrogen) atoms. The lowest BCUT2D eigenvalue weighted by Crippen LogP contribution is -2.23. The van der Waals surface area contributed by atoms with Gasteiger partial charge in [0.15, 0.2) is 5.13 Å². The van der Waals surface area contributed by atoms with Gasteiger partial charge >= 0.3 is 12.1 Å². The number of nitrogens with zero attached hydrogens (tertiary/aromatic N) is 3. The van der Waals surface area contributed by atoms with Gasteiger partial charge in [0.1, 0.15) is 6.61 Å². The number of carbonyl (C=O) groups is 2. The number of alkyl halides is 3. The summed E-state index contributed by atoms with van der Waals surface area (Å²) in [6, 6.07) is 7.52. The third-order valence-electron chi connectivity index (χ3n) is 4.21. The van der Waals surface area contributed by atoms with Crippen LogP contribution < -0.4 is 4.90 Å². The van der Waals surface area contributed by atoms with Crippen LogP contribution in [0.3, 0.4) is 0 Å². The normalized spacial score (nSPS) is 11.2. The summed E-state index contributed by atoms with van der Waals surface area (Å²) in [6.07, 6.45) is -4.59. The second-order valence-corrected chi connectivity index (χ2v) is 7.77. The predicted molar refractivity (Wildman–Crippen MR) is 114 cm³/mol. The number of hydrogen-bond donors (Lipinski definition) is 0. The summed E-state index contributed by atoms with van der Waals surface area (Å²) in [5.74, 6) is -1.50. The molecule has 0 unspecified atom stereocenters. The molecule has 0 aliphatic carbocycles. The van der Waals surface area contributed by atoms with Crippen molar-refractivity contribution in [1.82, 2.24) is 4.98 Å². The molecule has 0 aliphatic heterocycles. The first-order chi connectivity index (χ1) is 15.5. The highest BCUT2D eigenvalue weighted by Crippen LogP contribution is 2.35. The number of non-ortho nitro benzene ring substituents is 1. The molecule has 0 spiro atoms. The van der Waals surface area contributed by atoms with Crippen molar-refractivity contribution < 1.29 is 32.4 Å². The number of carbonyl (C=O) groups excluding carboxylic acids is 2. The maximum Gasteiger partial charge on any atom is 0.416 e. The number of thiazole rings is 1. The molecule has 13 heteroatoms. The van der Waals surface area contributed by atoms with Gasteiger partial charge in [0.05, 0.1) is 32.5 Å². The van der Waals surface area contributed by atoms with E-state index in [1.165, 1.54) is 30.5 Å². The van der Waals surface area contributed by atoms with Crippen LogP contribution in [-0.2, 0) is 22.3 Å². The molecule has 1 amide bonds. The minimum Gasteiger partial charge on any atom is -0.456 e. The van der Waals surface area contributed by atoms with Gasteiger partial charge in [-0.2, -0.15) is 13.2 Å². The Hall–Kier alpha value is -3.51. The summed E-state index contributed by atoms with van der Waals surface area (Å²) in [7, 11) is 0. The van der Waals surface area contributed by atoms with E-state index in [0.29, 0.717) is 0 Å². The molecule has 0 saturated carbocycles. The molecule has 3 aromatic rings. The second kappa shape index (κ2) is 9.55. The Morgan fingerprint density at radius 1 is 1.24 bits per heavy atom. The third kappa shape index (κ3) is 5.65. The first-order valence-electron chi connectivity index (χ1n) is 9.01. The number of amides is 1. The van der Waals surface area contributed by atoms with Gasteiger partial charge in [0, 0.05) is 24.4 Å². The first kappa shape index (κ1) is 24.1. The molecule has 0 fully saturated rings. The number of esters is 1.